The second-order valence-corrected chi connectivity index (χ2v) is 3.90. The molecule has 3 atom stereocenters. The lowest BCUT2D eigenvalue weighted by Crippen LogP contribution is -2.23. The van der Waals surface area contributed by atoms with Gasteiger partial charge in [-0.2, -0.15) is 0 Å². The SMILES string of the molecule is CCOCC12CNCC1C2C. The summed E-state index contributed by atoms with van der Waals surface area (Å²) < 4.78 is 5.49. The minimum Gasteiger partial charge on any atom is -0.381 e. The van der Waals surface area contributed by atoms with E-state index < -0.39 is 0 Å². The van der Waals surface area contributed by atoms with E-state index in [9.17, 15) is 0 Å². The van der Waals surface area contributed by atoms with Gasteiger partial charge in [-0.1, -0.05) is 6.92 Å². The Kier molecular flexibility index (Phi) is 1.69. The number of piperidine rings is 1. The van der Waals surface area contributed by atoms with Crippen LogP contribution in [0.3, 0.4) is 0 Å². The van der Waals surface area contributed by atoms with E-state index in [1.807, 2.05) is 0 Å². The van der Waals surface area contributed by atoms with Crippen LogP contribution in [0.15, 0.2) is 0 Å². The normalized spacial score (nSPS) is 47.5. The number of nitrogens with one attached hydrogen (secondary N) is 1. The van der Waals surface area contributed by atoms with Gasteiger partial charge in [0.05, 0.1) is 6.61 Å². The van der Waals surface area contributed by atoms with Gasteiger partial charge >= 0.3 is 0 Å². The Balaban J connectivity index is 1.90. The fraction of sp³-hybridized carbons (Fsp3) is 1.00. The van der Waals surface area contributed by atoms with Crippen molar-refractivity contribution in [2.75, 3.05) is 26.3 Å². The van der Waals surface area contributed by atoms with Crippen molar-refractivity contribution in [3.05, 3.63) is 0 Å². The number of hydrogen-bond acceptors (Lipinski definition) is 2. The summed E-state index contributed by atoms with van der Waals surface area (Å²) >= 11 is 0. The molecule has 64 valence electrons. The molecule has 0 spiro atoms. The van der Waals surface area contributed by atoms with Crippen molar-refractivity contribution in [3.63, 3.8) is 0 Å². The highest BCUT2D eigenvalue weighted by Crippen LogP contribution is 2.60. The van der Waals surface area contributed by atoms with Crippen LogP contribution in [0.2, 0.25) is 0 Å². The Morgan fingerprint density at radius 2 is 2.45 bits per heavy atom. The van der Waals surface area contributed by atoms with Gasteiger partial charge in [0.15, 0.2) is 0 Å². The topological polar surface area (TPSA) is 21.3 Å². The average molecular weight is 155 g/mol. The zero-order valence-electron chi connectivity index (χ0n) is 7.39. The number of fused-ring (bicyclic) bond motifs is 1. The van der Waals surface area contributed by atoms with Crippen molar-refractivity contribution < 1.29 is 4.74 Å². The van der Waals surface area contributed by atoms with E-state index >= 15 is 0 Å². The first-order valence-electron chi connectivity index (χ1n) is 4.59. The Morgan fingerprint density at radius 1 is 1.64 bits per heavy atom. The Morgan fingerprint density at radius 3 is 3.00 bits per heavy atom. The third-order valence-electron chi connectivity index (χ3n) is 3.53. The highest BCUT2D eigenvalue weighted by Gasteiger charge is 2.64. The van der Waals surface area contributed by atoms with Crippen molar-refractivity contribution in [3.8, 4) is 0 Å². The van der Waals surface area contributed by atoms with Gasteiger partial charge in [0.1, 0.15) is 0 Å². The van der Waals surface area contributed by atoms with Gasteiger partial charge in [-0.15, -0.1) is 0 Å². The number of hydrogen-bond donors (Lipinski definition) is 1. The summed E-state index contributed by atoms with van der Waals surface area (Å²) in [7, 11) is 0. The van der Waals surface area contributed by atoms with Crippen LogP contribution in [0.4, 0.5) is 0 Å². The molecule has 1 N–H and O–H groups in total. The monoisotopic (exact) mass is 155 g/mol. The Hall–Kier alpha value is -0.0800. The molecule has 0 bridgehead atoms. The summed E-state index contributed by atoms with van der Waals surface area (Å²) in [6, 6.07) is 0. The van der Waals surface area contributed by atoms with Crippen LogP contribution >= 0.6 is 0 Å². The molecule has 2 aliphatic rings. The summed E-state index contributed by atoms with van der Waals surface area (Å²) in [6.07, 6.45) is 0. The molecule has 1 aliphatic carbocycles. The predicted octanol–water partition coefficient (Wildman–Crippen LogP) is 0.878. The first-order chi connectivity index (χ1) is 5.31. The van der Waals surface area contributed by atoms with Gasteiger partial charge < -0.3 is 10.1 Å². The maximum absolute atomic E-state index is 5.49. The third kappa shape index (κ3) is 0.926. The minimum atomic E-state index is 0.538. The van der Waals surface area contributed by atoms with Crippen LogP contribution in [0.25, 0.3) is 0 Å². The van der Waals surface area contributed by atoms with Crippen molar-refractivity contribution in [1.29, 1.82) is 0 Å². The van der Waals surface area contributed by atoms with E-state index in [0.717, 1.165) is 25.0 Å². The summed E-state index contributed by atoms with van der Waals surface area (Å²) in [4.78, 5) is 0. The molecule has 0 amide bonds. The van der Waals surface area contributed by atoms with Crippen LogP contribution in [-0.4, -0.2) is 26.3 Å². The standard InChI is InChI=1S/C9H17NO/c1-3-11-6-9-5-10-4-8(9)7(9)2/h7-8,10H,3-6H2,1-2H3. The molecule has 1 saturated heterocycles. The molecule has 2 fully saturated rings. The Labute approximate surface area is 68.3 Å². The molecular formula is C9H17NO. The summed E-state index contributed by atoms with van der Waals surface area (Å²) in [5.41, 5.74) is 0.538. The van der Waals surface area contributed by atoms with Gasteiger partial charge in [-0.25, -0.2) is 0 Å². The fourth-order valence-corrected chi connectivity index (χ4v) is 2.52. The molecule has 0 radical (unpaired) electrons. The molecule has 1 aliphatic heterocycles. The molecule has 1 heterocycles. The van der Waals surface area contributed by atoms with Crippen molar-refractivity contribution >= 4 is 0 Å². The summed E-state index contributed by atoms with van der Waals surface area (Å²) in [5.74, 6) is 1.81. The van der Waals surface area contributed by atoms with Crippen molar-refractivity contribution in [2.24, 2.45) is 17.3 Å². The maximum atomic E-state index is 5.49. The van der Waals surface area contributed by atoms with Gasteiger partial charge in [-0.05, 0) is 25.3 Å². The number of ether oxygens (including phenoxy) is 1. The van der Waals surface area contributed by atoms with E-state index in [-0.39, 0.29) is 0 Å². The predicted molar refractivity (Wildman–Crippen MR) is 44.4 cm³/mol. The molecular weight excluding hydrogens is 138 g/mol. The molecule has 3 unspecified atom stereocenters. The molecule has 0 aromatic carbocycles. The van der Waals surface area contributed by atoms with Crippen molar-refractivity contribution in [2.45, 2.75) is 13.8 Å². The van der Waals surface area contributed by atoms with Gasteiger partial charge in [0.2, 0.25) is 0 Å². The molecule has 0 aromatic rings. The van der Waals surface area contributed by atoms with E-state index in [1.54, 1.807) is 0 Å². The summed E-state index contributed by atoms with van der Waals surface area (Å²) in [6.45, 7) is 8.65. The maximum Gasteiger partial charge on any atom is 0.0540 e. The van der Waals surface area contributed by atoms with Gasteiger partial charge in [0.25, 0.3) is 0 Å². The number of rotatable bonds is 3. The third-order valence-corrected chi connectivity index (χ3v) is 3.53. The molecule has 2 nitrogen and oxygen atoms in total. The zero-order chi connectivity index (χ0) is 7.90. The molecule has 2 heteroatoms. The molecule has 0 aromatic heterocycles. The van der Waals surface area contributed by atoms with E-state index in [4.69, 9.17) is 4.74 Å². The molecule has 1 saturated carbocycles. The summed E-state index contributed by atoms with van der Waals surface area (Å²) in [5, 5.41) is 3.42. The van der Waals surface area contributed by atoms with Crippen LogP contribution in [-0.2, 0) is 4.74 Å². The average Bonchev–Trinajstić information content (AvgIpc) is 2.49. The van der Waals surface area contributed by atoms with Gasteiger partial charge in [-0.3, -0.25) is 0 Å². The lowest BCUT2D eigenvalue weighted by molar-refractivity contribution is 0.0970. The van der Waals surface area contributed by atoms with Crippen LogP contribution in [0, 0.1) is 17.3 Å². The van der Waals surface area contributed by atoms with Crippen LogP contribution in [0.1, 0.15) is 13.8 Å². The Bertz CT molecular complexity index is 160. The van der Waals surface area contributed by atoms with E-state index in [0.29, 0.717) is 5.41 Å². The lowest BCUT2D eigenvalue weighted by atomic mass is 10.1. The molecule has 2 rings (SSSR count). The highest BCUT2D eigenvalue weighted by atomic mass is 16.5. The van der Waals surface area contributed by atoms with Crippen molar-refractivity contribution in [1.82, 2.24) is 5.32 Å². The highest BCUT2D eigenvalue weighted by molar-refractivity contribution is 5.14. The first-order valence-corrected chi connectivity index (χ1v) is 4.59. The fourth-order valence-electron chi connectivity index (χ4n) is 2.52. The van der Waals surface area contributed by atoms with E-state index in [2.05, 4.69) is 19.2 Å². The molecule has 11 heavy (non-hydrogen) atoms. The minimum absolute atomic E-state index is 0.538. The second-order valence-electron chi connectivity index (χ2n) is 3.90. The second kappa shape index (κ2) is 2.46. The van der Waals surface area contributed by atoms with Crippen LogP contribution < -0.4 is 5.32 Å². The van der Waals surface area contributed by atoms with Crippen LogP contribution in [0.5, 0.6) is 0 Å². The van der Waals surface area contributed by atoms with E-state index in [1.165, 1.54) is 13.1 Å². The lowest BCUT2D eigenvalue weighted by Gasteiger charge is -2.12. The zero-order valence-corrected chi connectivity index (χ0v) is 7.39. The first kappa shape index (κ1) is 7.56. The smallest absolute Gasteiger partial charge is 0.0540 e. The largest absolute Gasteiger partial charge is 0.381 e. The van der Waals surface area contributed by atoms with Gasteiger partial charge in [0, 0.05) is 18.6 Å². The quantitative estimate of drug-likeness (QED) is 0.653.